The van der Waals surface area contributed by atoms with Crippen molar-refractivity contribution in [2.24, 2.45) is 5.73 Å². The number of alkyl halides is 4. The van der Waals surface area contributed by atoms with Gasteiger partial charge in [-0.05, 0) is 18.6 Å². The number of rotatable bonds is 9. The van der Waals surface area contributed by atoms with Crippen molar-refractivity contribution in [1.82, 2.24) is 5.32 Å². The minimum atomic E-state index is -4.82. The van der Waals surface area contributed by atoms with Crippen molar-refractivity contribution in [3.63, 3.8) is 0 Å². The van der Waals surface area contributed by atoms with E-state index < -0.39 is 46.9 Å². The van der Waals surface area contributed by atoms with E-state index in [1.165, 1.54) is 13.0 Å². The monoisotopic (exact) mass is 494 g/mol. The zero-order chi connectivity index (χ0) is 24.8. The molecule has 0 spiro atoms. The van der Waals surface area contributed by atoms with E-state index in [0.29, 0.717) is 0 Å². The van der Waals surface area contributed by atoms with Gasteiger partial charge < -0.3 is 25.3 Å². The van der Waals surface area contributed by atoms with Gasteiger partial charge in [0.25, 0.3) is 0 Å². The number of carbonyl (C=O) groups is 2. The molecule has 33 heavy (non-hydrogen) atoms. The Balaban J connectivity index is 2.86. The molecule has 1 heterocycles. The lowest BCUT2D eigenvalue weighted by atomic mass is 9.79. The normalized spacial score (nSPS) is 16.5. The first-order valence-corrected chi connectivity index (χ1v) is 10.2. The quantitative estimate of drug-likeness (QED) is 0.309. The maximum atomic E-state index is 14.0. The molecule has 0 bridgehead atoms. The van der Waals surface area contributed by atoms with Crippen molar-refractivity contribution in [3.05, 3.63) is 56.9 Å². The summed E-state index contributed by atoms with van der Waals surface area (Å²) in [6.07, 6.45) is -4.82. The van der Waals surface area contributed by atoms with Crippen LogP contribution in [0.2, 0.25) is 5.02 Å². The Labute approximate surface area is 192 Å². The number of nitrogens with two attached hydrogens (primary N) is 1. The van der Waals surface area contributed by atoms with Gasteiger partial charge in [-0.3, -0.25) is 0 Å². The molecule has 2 rings (SSSR count). The predicted octanol–water partition coefficient (Wildman–Crippen LogP) is 3.23. The fraction of sp³-hybridized carbons (Fsp3) is 0.429. The third-order valence-corrected chi connectivity index (χ3v) is 5.14. The van der Waals surface area contributed by atoms with Crippen LogP contribution in [-0.4, -0.2) is 52.1 Å². The van der Waals surface area contributed by atoms with Crippen LogP contribution in [0.15, 0.2) is 40.7 Å². The zero-order valence-electron chi connectivity index (χ0n) is 17.9. The minimum absolute atomic E-state index is 0.000631. The van der Waals surface area contributed by atoms with Crippen LogP contribution >= 0.6 is 11.6 Å². The van der Waals surface area contributed by atoms with Crippen LogP contribution in [0.3, 0.4) is 0 Å². The molecule has 0 amide bonds. The van der Waals surface area contributed by atoms with Crippen molar-refractivity contribution in [2.75, 3.05) is 40.1 Å². The lowest BCUT2D eigenvalue weighted by Crippen LogP contribution is -2.36. The summed E-state index contributed by atoms with van der Waals surface area (Å²) in [6, 6.07) is 3.04. The van der Waals surface area contributed by atoms with Crippen LogP contribution in [-0.2, 0) is 30.0 Å². The van der Waals surface area contributed by atoms with E-state index in [4.69, 9.17) is 31.5 Å². The van der Waals surface area contributed by atoms with E-state index in [0.717, 1.165) is 19.2 Å². The molecule has 182 valence electrons. The molecule has 0 radical (unpaired) electrons. The topological polar surface area (TPSA) is 99.9 Å². The van der Waals surface area contributed by atoms with Crippen molar-refractivity contribution >= 4 is 23.5 Å². The Morgan fingerprint density at radius 1 is 1.18 bits per heavy atom. The molecule has 0 fully saturated rings. The highest BCUT2D eigenvalue weighted by Crippen LogP contribution is 2.45. The number of dihydropyridines is 1. The molecule has 3 N–H and O–H groups in total. The van der Waals surface area contributed by atoms with E-state index in [9.17, 15) is 27.2 Å². The summed E-state index contributed by atoms with van der Waals surface area (Å²) in [7, 11) is 1.02. The Hall–Kier alpha value is -2.63. The van der Waals surface area contributed by atoms with Gasteiger partial charge in [-0.2, -0.15) is 13.2 Å². The number of methoxy groups -OCH3 is 1. The van der Waals surface area contributed by atoms with E-state index in [1.807, 2.05) is 0 Å². The molecule has 1 unspecified atom stereocenters. The molecular formula is C21H23ClF4N2O5. The molecule has 1 aromatic rings. The van der Waals surface area contributed by atoms with Gasteiger partial charge >= 0.3 is 18.1 Å². The largest absolute Gasteiger partial charge is 0.466 e. The average Bonchev–Trinajstić information content (AvgIpc) is 2.77. The Morgan fingerprint density at radius 3 is 2.39 bits per heavy atom. The summed E-state index contributed by atoms with van der Waals surface area (Å²) in [5.74, 6) is -3.53. The van der Waals surface area contributed by atoms with Gasteiger partial charge in [0.2, 0.25) is 0 Å². The van der Waals surface area contributed by atoms with E-state index >= 15 is 0 Å². The minimum Gasteiger partial charge on any atom is -0.466 e. The van der Waals surface area contributed by atoms with Gasteiger partial charge in [0, 0.05) is 6.54 Å². The first kappa shape index (κ1) is 26.6. The Morgan fingerprint density at radius 2 is 1.85 bits per heavy atom. The molecule has 0 aromatic heterocycles. The molecule has 1 aliphatic rings. The SMILES string of the molecule is CCOC(=O)C1=C(COCCN)NC(CF)=C(C(=O)OC)C1c1cccc(C(F)(F)F)c1Cl. The first-order chi connectivity index (χ1) is 15.6. The van der Waals surface area contributed by atoms with E-state index in [1.54, 1.807) is 0 Å². The van der Waals surface area contributed by atoms with Crippen LogP contribution in [0.4, 0.5) is 17.6 Å². The third-order valence-electron chi connectivity index (χ3n) is 4.72. The average molecular weight is 495 g/mol. The molecule has 12 heteroatoms. The van der Waals surface area contributed by atoms with Crippen LogP contribution in [0, 0.1) is 0 Å². The van der Waals surface area contributed by atoms with Crippen molar-refractivity contribution in [3.8, 4) is 0 Å². The predicted molar refractivity (Wildman–Crippen MR) is 111 cm³/mol. The number of allylic oxidation sites excluding steroid dienone is 1. The van der Waals surface area contributed by atoms with Gasteiger partial charge in [-0.1, -0.05) is 23.7 Å². The summed E-state index contributed by atoms with van der Waals surface area (Å²) >= 11 is 6.12. The fourth-order valence-corrected chi connectivity index (χ4v) is 3.73. The lowest BCUT2D eigenvalue weighted by molar-refractivity contribution is -0.139. The molecule has 1 aromatic carbocycles. The molecule has 1 atom stereocenters. The number of esters is 2. The third kappa shape index (κ3) is 5.84. The van der Waals surface area contributed by atoms with Crippen molar-refractivity contribution in [1.29, 1.82) is 0 Å². The maximum absolute atomic E-state index is 14.0. The number of halogens is 5. The summed E-state index contributed by atoms with van der Waals surface area (Å²) in [6.45, 7) is 0.175. The van der Waals surface area contributed by atoms with Crippen LogP contribution in [0.5, 0.6) is 0 Å². The zero-order valence-corrected chi connectivity index (χ0v) is 18.6. The lowest BCUT2D eigenvalue weighted by Gasteiger charge is -2.32. The summed E-state index contributed by atoms with van der Waals surface area (Å²) in [5, 5.41) is 1.88. The Kier molecular flexibility index (Phi) is 9.26. The van der Waals surface area contributed by atoms with E-state index in [2.05, 4.69) is 5.32 Å². The van der Waals surface area contributed by atoms with Crippen molar-refractivity contribution in [2.45, 2.75) is 19.0 Å². The second-order valence-corrected chi connectivity index (χ2v) is 7.11. The van der Waals surface area contributed by atoms with E-state index in [-0.39, 0.29) is 48.9 Å². The number of nitrogens with one attached hydrogen (secondary N) is 1. The standard InChI is InChI=1S/C21H23ClF4N2O5/c1-3-33-20(30)17-14(10-32-8-7-27)28-13(9-23)16(19(29)31-2)15(17)11-5-4-6-12(18(11)22)21(24,25)26/h4-6,15,28H,3,7-10,27H2,1-2H3. The van der Waals surface area contributed by atoms with Crippen LogP contribution < -0.4 is 11.1 Å². The maximum Gasteiger partial charge on any atom is 0.417 e. The van der Waals surface area contributed by atoms with Crippen LogP contribution in [0.1, 0.15) is 24.0 Å². The molecule has 1 aliphatic heterocycles. The van der Waals surface area contributed by atoms with Gasteiger partial charge in [0.05, 0.1) is 66.0 Å². The van der Waals surface area contributed by atoms with Gasteiger partial charge in [0.1, 0.15) is 6.67 Å². The second-order valence-electron chi connectivity index (χ2n) is 6.74. The molecule has 0 saturated carbocycles. The summed E-state index contributed by atoms with van der Waals surface area (Å²) in [4.78, 5) is 25.6. The Bertz CT molecular complexity index is 962. The summed E-state index contributed by atoms with van der Waals surface area (Å²) in [5.41, 5.74) is 3.00. The smallest absolute Gasteiger partial charge is 0.417 e. The molecular weight excluding hydrogens is 472 g/mol. The van der Waals surface area contributed by atoms with Gasteiger partial charge in [-0.25, -0.2) is 14.0 Å². The number of carbonyl (C=O) groups excluding carboxylic acids is 2. The molecule has 0 aliphatic carbocycles. The van der Waals surface area contributed by atoms with Gasteiger partial charge in [-0.15, -0.1) is 0 Å². The number of hydrogen-bond acceptors (Lipinski definition) is 7. The highest BCUT2D eigenvalue weighted by Gasteiger charge is 2.43. The van der Waals surface area contributed by atoms with Crippen LogP contribution in [0.25, 0.3) is 0 Å². The summed E-state index contributed by atoms with van der Waals surface area (Å²) < 4.78 is 69.7. The molecule has 0 saturated heterocycles. The van der Waals surface area contributed by atoms with Crippen molar-refractivity contribution < 1.29 is 41.4 Å². The number of benzene rings is 1. The highest BCUT2D eigenvalue weighted by atomic mass is 35.5. The number of ether oxygens (including phenoxy) is 3. The fourth-order valence-electron chi connectivity index (χ4n) is 3.39. The number of hydrogen-bond donors (Lipinski definition) is 2. The first-order valence-electron chi connectivity index (χ1n) is 9.80. The molecule has 7 nitrogen and oxygen atoms in total. The van der Waals surface area contributed by atoms with Gasteiger partial charge in [0.15, 0.2) is 0 Å². The second kappa shape index (κ2) is 11.5. The highest BCUT2D eigenvalue weighted by molar-refractivity contribution is 6.32.